The Morgan fingerprint density at radius 1 is 0.750 bits per heavy atom. The number of hydrogen-bond acceptors (Lipinski definition) is 3. The molecule has 0 spiro atoms. The summed E-state index contributed by atoms with van der Waals surface area (Å²) in [5.41, 5.74) is 3.28. The van der Waals surface area contributed by atoms with Crippen molar-refractivity contribution < 1.29 is 14.4 Å². The molecule has 0 saturated carbocycles. The molecule has 0 unspecified atom stereocenters. The standard InChI is InChI=1S/C26H27N3O3/c1-2-17-29(19-25(31)27-18-24(30)28-23-11-7-4-8-12-23)26(32)22-15-13-21(14-16-22)20-9-5-3-6-10-20/h3-16H,2,17-19H2,1H3,(H,27,31)(H,28,30). The van der Waals surface area contributed by atoms with Gasteiger partial charge in [0.05, 0.1) is 13.1 Å². The van der Waals surface area contributed by atoms with Crippen LogP contribution in [-0.4, -0.2) is 42.3 Å². The Balaban J connectivity index is 1.56. The van der Waals surface area contributed by atoms with Crippen LogP contribution in [0.15, 0.2) is 84.9 Å². The molecule has 6 nitrogen and oxygen atoms in total. The van der Waals surface area contributed by atoms with Gasteiger partial charge in [-0.25, -0.2) is 0 Å². The number of nitrogens with zero attached hydrogens (tertiary/aromatic N) is 1. The maximum atomic E-state index is 13.0. The van der Waals surface area contributed by atoms with Crippen LogP contribution in [0, 0.1) is 0 Å². The van der Waals surface area contributed by atoms with Crippen LogP contribution < -0.4 is 10.6 Å². The molecule has 2 N–H and O–H groups in total. The van der Waals surface area contributed by atoms with Crippen LogP contribution in [0.3, 0.4) is 0 Å². The minimum absolute atomic E-state index is 0.105. The highest BCUT2D eigenvalue weighted by Crippen LogP contribution is 2.20. The normalized spacial score (nSPS) is 10.3. The predicted molar refractivity (Wildman–Crippen MR) is 126 cm³/mol. The zero-order chi connectivity index (χ0) is 22.8. The molecule has 3 aromatic rings. The van der Waals surface area contributed by atoms with Gasteiger partial charge in [-0.1, -0.05) is 67.6 Å². The molecular weight excluding hydrogens is 402 g/mol. The lowest BCUT2D eigenvalue weighted by atomic mass is 10.0. The fourth-order valence-corrected chi connectivity index (χ4v) is 3.28. The molecular formula is C26H27N3O3. The average Bonchev–Trinajstić information content (AvgIpc) is 2.83. The lowest BCUT2D eigenvalue weighted by Gasteiger charge is -2.22. The van der Waals surface area contributed by atoms with Gasteiger partial charge in [0.1, 0.15) is 0 Å². The monoisotopic (exact) mass is 429 g/mol. The zero-order valence-electron chi connectivity index (χ0n) is 18.1. The first-order valence-electron chi connectivity index (χ1n) is 10.6. The van der Waals surface area contributed by atoms with E-state index < -0.39 is 0 Å². The van der Waals surface area contributed by atoms with Gasteiger partial charge in [0.2, 0.25) is 11.8 Å². The predicted octanol–water partition coefficient (Wildman–Crippen LogP) is 3.96. The second-order valence-corrected chi connectivity index (χ2v) is 7.36. The third kappa shape index (κ3) is 6.54. The Morgan fingerprint density at radius 2 is 1.34 bits per heavy atom. The van der Waals surface area contributed by atoms with Crippen molar-refractivity contribution in [2.45, 2.75) is 13.3 Å². The highest BCUT2D eigenvalue weighted by Gasteiger charge is 2.18. The first kappa shape index (κ1) is 22.7. The number of carbonyl (C=O) groups excluding carboxylic acids is 3. The molecule has 0 heterocycles. The van der Waals surface area contributed by atoms with Gasteiger partial charge in [-0.2, -0.15) is 0 Å². The average molecular weight is 430 g/mol. The number of anilines is 1. The van der Waals surface area contributed by atoms with E-state index in [0.717, 1.165) is 17.5 Å². The van der Waals surface area contributed by atoms with E-state index in [-0.39, 0.29) is 30.8 Å². The molecule has 0 fully saturated rings. The van der Waals surface area contributed by atoms with Gasteiger partial charge < -0.3 is 15.5 Å². The van der Waals surface area contributed by atoms with E-state index in [9.17, 15) is 14.4 Å². The summed E-state index contributed by atoms with van der Waals surface area (Å²) >= 11 is 0. The highest BCUT2D eigenvalue weighted by molar-refractivity contribution is 5.98. The molecule has 32 heavy (non-hydrogen) atoms. The van der Waals surface area contributed by atoms with Gasteiger partial charge in [0, 0.05) is 17.8 Å². The third-order valence-electron chi connectivity index (χ3n) is 4.86. The Bertz CT molecular complexity index is 1030. The van der Waals surface area contributed by atoms with E-state index in [1.807, 2.05) is 67.6 Å². The van der Waals surface area contributed by atoms with Gasteiger partial charge in [-0.3, -0.25) is 14.4 Å². The second-order valence-electron chi connectivity index (χ2n) is 7.36. The SMILES string of the molecule is CCCN(CC(=O)NCC(=O)Nc1ccccc1)C(=O)c1ccc(-c2ccccc2)cc1. The van der Waals surface area contributed by atoms with Crippen molar-refractivity contribution in [1.82, 2.24) is 10.2 Å². The molecule has 0 aliphatic heterocycles. The Labute approximate surface area is 188 Å². The summed E-state index contributed by atoms with van der Waals surface area (Å²) in [6.07, 6.45) is 0.718. The van der Waals surface area contributed by atoms with E-state index in [0.29, 0.717) is 17.8 Å². The number of nitrogens with one attached hydrogen (secondary N) is 2. The van der Waals surface area contributed by atoms with Crippen molar-refractivity contribution in [2.24, 2.45) is 0 Å². The highest BCUT2D eigenvalue weighted by atomic mass is 16.2. The number of hydrogen-bond donors (Lipinski definition) is 2. The number of rotatable bonds is 9. The summed E-state index contributed by atoms with van der Waals surface area (Å²) < 4.78 is 0. The van der Waals surface area contributed by atoms with Crippen molar-refractivity contribution in [3.05, 3.63) is 90.5 Å². The van der Waals surface area contributed by atoms with Gasteiger partial charge in [-0.05, 0) is 41.8 Å². The molecule has 0 saturated heterocycles. The van der Waals surface area contributed by atoms with E-state index in [2.05, 4.69) is 10.6 Å². The van der Waals surface area contributed by atoms with Crippen LogP contribution >= 0.6 is 0 Å². The molecule has 164 valence electrons. The molecule has 0 aliphatic carbocycles. The number of para-hydroxylation sites is 1. The van der Waals surface area contributed by atoms with E-state index in [1.54, 1.807) is 24.3 Å². The smallest absolute Gasteiger partial charge is 0.254 e. The lowest BCUT2D eigenvalue weighted by Crippen LogP contribution is -2.43. The van der Waals surface area contributed by atoms with Crippen LogP contribution in [0.4, 0.5) is 5.69 Å². The molecule has 0 radical (unpaired) electrons. The van der Waals surface area contributed by atoms with Crippen molar-refractivity contribution >= 4 is 23.4 Å². The number of amides is 3. The molecule has 0 bridgehead atoms. The molecule has 0 aromatic heterocycles. The van der Waals surface area contributed by atoms with Crippen molar-refractivity contribution in [2.75, 3.05) is 25.0 Å². The van der Waals surface area contributed by atoms with Crippen LogP contribution in [-0.2, 0) is 9.59 Å². The summed E-state index contributed by atoms with van der Waals surface area (Å²) in [5, 5.41) is 5.29. The Hall–Kier alpha value is -3.93. The number of carbonyl (C=O) groups is 3. The van der Waals surface area contributed by atoms with Crippen LogP contribution in [0.25, 0.3) is 11.1 Å². The Morgan fingerprint density at radius 3 is 1.97 bits per heavy atom. The summed E-state index contributed by atoms with van der Waals surface area (Å²) in [6, 6.07) is 26.3. The second kappa shape index (κ2) is 11.5. The minimum atomic E-state index is -0.379. The van der Waals surface area contributed by atoms with Gasteiger partial charge in [0.25, 0.3) is 5.91 Å². The molecule has 3 rings (SSSR count). The molecule has 0 aliphatic rings. The first-order valence-corrected chi connectivity index (χ1v) is 10.6. The first-order chi connectivity index (χ1) is 15.6. The maximum absolute atomic E-state index is 13.0. The van der Waals surface area contributed by atoms with Crippen LogP contribution in [0.1, 0.15) is 23.7 Å². The Kier molecular flexibility index (Phi) is 8.15. The van der Waals surface area contributed by atoms with E-state index in [1.165, 1.54) is 4.90 Å². The topological polar surface area (TPSA) is 78.5 Å². The fourth-order valence-electron chi connectivity index (χ4n) is 3.28. The fraction of sp³-hybridized carbons (Fsp3) is 0.192. The minimum Gasteiger partial charge on any atom is -0.345 e. The van der Waals surface area contributed by atoms with Crippen LogP contribution in [0.2, 0.25) is 0 Å². The zero-order valence-corrected chi connectivity index (χ0v) is 18.1. The van der Waals surface area contributed by atoms with E-state index >= 15 is 0 Å². The molecule has 3 aromatic carbocycles. The quantitative estimate of drug-likeness (QED) is 0.540. The van der Waals surface area contributed by atoms with Crippen molar-refractivity contribution in [3.8, 4) is 11.1 Å². The molecule has 6 heteroatoms. The van der Waals surface area contributed by atoms with Gasteiger partial charge in [-0.15, -0.1) is 0 Å². The van der Waals surface area contributed by atoms with Crippen molar-refractivity contribution in [3.63, 3.8) is 0 Å². The van der Waals surface area contributed by atoms with Gasteiger partial charge in [0.15, 0.2) is 0 Å². The third-order valence-corrected chi connectivity index (χ3v) is 4.86. The molecule has 0 atom stereocenters. The van der Waals surface area contributed by atoms with E-state index in [4.69, 9.17) is 0 Å². The maximum Gasteiger partial charge on any atom is 0.254 e. The summed E-state index contributed by atoms with van der Waals surface area (Å²) in [4.78, 5) is 38.9. The summed E-state index contributed by atoms with van der Waals surface area (Å²) in [5.74, 6) is -0.916. The number of benzene rings is 3. The van der Waals surface area contributed by atoms with Crippen molar-refractivity contribution in [1.29, 1.82) is 0 Å². The van der Waals surface area contributed by atoms with Crippen LogP contribution in [0.5, 0.6) is 0 Å². The summed E-state index contributed by atoms with van der Waals surface area (Å²) in [6.45, 7) is 2.13. The lowest BCUT2D eigenvalue weighted by molar-refractivity contribution is -0.124. The van der Waals surface area contributed by atoms with Gasteiger partial charge >= 0.3 is 0 Å². The largest absolute Gasteiger partial charge is 0.345 e. The summed E-state index contributed by atoms with van der Waals surface area (Å²) in [7, 11) is 0. The molecule has 3 amide bonds.